The maximum absolute atomic E-state index is 12.0. The number of para-hydroxylation sites is 1. The highest BCUT2D eigenvalue weighted by molar-refractivity contribution is 5.90. The van der Waals surface area contributed by atoms with Crippen LogP contribution >= 0.6 is 0 Å². The van der Waals surface area contributed by atoms with Gasteiger partial charge in [0.2, 0.25) is 5.91 Å². The summed E-state index contributed by atoms with van der Waals surface area (Å²) in [6.07, 6.45) is 2.22. The number of aryl methyl sites for hydroxylation is 1. The monoisotopic (exact) mass is 288 g/mol. The largest absolute Gasteiger partial charge is 0.481 e. The predicted octanol–water partition coefficient (Wildman–Crippen LogP) is 2.25. The molecule has 1 aromatic heterocycles. The number of amides is 1. The van der Waals surface area contributed by atoms with E-state index in [1.54, 1.807) is 0 Å². The highest BCUT2D eigenvalue weighted by atomic mass is 16.4. The molecule has 2 rings (SSSR count). The number of H-pyrrole nitrogens is 1. The number of rotatable bonds is 6. The minimum absolute atomic E-state index is 0.0621. The Labute approximate surface area is 123 Å². The van der Waals surface area contributed by atoms with Crippen LogP contribution in [-0.4, -0.2) is 28.5 Å². The lowest BCUT2D eigenvalue weighted by Crippen LogP contribution is -2.30. The van der Waals surface area contributed by atoms with Gasteiger partial charge in [0.15, 0.2) is 0 Å². The van der Waals surface area contributed by atoms with Gasteiger partial charge < -0.3 is 15.4 Å². The van der Waals surface area contributed by atoms with Crippen LogP contribution in [0.1, 0.15) is 24.5 Å². The molecule has 0 aliphatic heterocycles. The Bertz CT molecular complexity index is 661. The van der Waals surface area contributed by atoms with Crippen LogP contribution in [0.5, 0.6) is 0 Å². The van der Waals surface area contributed by atoms with Crippen molar-refractivity contribution in [3.05, 3.63) is 35.5 Å². The molecule has 0 fully saturated rings. The third-order valence-electron chi connectivity index (χ3n) is 3.53. The normalized spacial score (nSPS) is 12.3. The minimum Gasteiger partial charge on any atom is -0.481 e. The second kappa shape index (κ2) is 6.43. The third-order valence-corrected chi connectivity index (χ3v) is 3.53. The number of nitrogens with one attached hydrogen (secondary N) is 2. The highest BCUT2D eigenvalue weighted by Gasteiger charge is 2.12. The van der Waals surface area contributed by atoms with Crippen LogP contribution in [0.25, 0.3) is 10.9 Å². The van der Waals surface area contributed by atoms with Gasteiger partial charge in [0.25, 0.3) is 0 Å². The molecule has 0 spiro atoms. The summed E-state index contributed by atoms with van der Waals surface area (Å²) >= 11 is 0. The van der Waals surface area contributed by atoms with Crippen molar-refractivity contribution in [3.63, 3.8) is 0 Å². The molecular weight excluding hydrogens is 268 g/mol. The topological polar surface area (TPSA) is 82.2 Å². The summed E-state index contributed by atoms with van der Waals surface area (Å²) in [5.74, 6) is -1.00. The van der Waals surface area contributed by atoms with Crippen molar-refractivity contribution in [1.82, 2.24) is 10.3 Å². The summed E-state index contributed by atoms with van der Waals surface area (Å²) in [5.41, 5.74) is 3.16. The second-order valence-corrected chi connectivity index (χ2v) is 5.50. The number of aliphatic carboxylic acids is 1. The Hall–Kier alpha value is -2.30. The van der Waals surface area contributed by atoms with Crippen molar-refractivity contribution >= 4 is 22.8 Å². The average Bonchev–Trinajstić information content (AvgIpc) is 2.80. The molecule has 1 heterocycles. The lowest BCUT2D eigenvalue weighted by atomic mass is 10.1. The lowest BCUT2D eigenvalue weighted by molar-refractivity contribution is -0.138. The molecule has 0 aliphatic rings. The molecule has 112 valence electrons. The van der Waals surface area contributed by atoms with E-state index in [9.17, 15) is 9.59 Å². The molecule has 21 heavy (non-hydrogen) atoms. The number of carboxylic acid groups (broad SMARTS) is 1. The molecule has 0 saturated carbocycles. The maximum atomic E-state index is 12.0. The number of hydrogen-bond acceptors (Lipinski definition) is 2. The Balaban J connectivity index is 1.96. The zero-order chi connectivity index (χ0) is 15.4. The number of benzene rings is 1. The quantitative estimate of drug-likeness (QED) is 0.762. The van der Waals surface area contributed by atoms with E-state index < -0.39 is 5.97 Å². The van der Waals surface area contributed by atoms with E-state index in [1.807, 2.05) is 38.2 Å². The third kappa shape index (κ3) is 3.84. The summed E-state index contributed by atoms with van der Waals surface area (Å²) in [5, 5.41) is 12.5. The van der Waals surface area contributed by atoms with Gasteiger partial charge in [0.1, 0.15) is 0 Å². The van der Waals surface area contributed by atoms with E-state index >= 15 is 0 Å². The zero-order valence-corrected chi connectivity index (χ0v) is 12.3. The maximum Gasteiger partial charge on any atom is 0.303 e. The van der Waals surface area contributed by atoms with E-state index in [1.165, 1.54) is 0 Å². The fraction of sp³-hybridized carbons (Fsp3) is 0.375. The van der Waals surface area contributed by atoms with Crippen molar-refractivity contribution in [2.24, 2.45) is 5.92 Å². The van der Waals surface area contributed by atoms with Crippen LogP contribution < -0.4 is 5.32 Å². The molecule has 1 atom stereocenters. The first-order valence-electron chi connectivity index (χ1n) is 7.01. The molecule has 3 N–H and O–H groups in total. The van der Waals surface area contributed by atoms with Gasteiger partial charge in [-0.3, -0.25) is 9.59 Å². The summed E-state index contributed by atoms with van der Waals surface area (Å²) < 4.78 is 0. The summed E-state index contributed by atoms with van der Waals surface area (Å²) in [7, 11) is 0. The summed E-state index contributed by atoms with van der Waals surface area (Å²) in [6, 6.07) is 5.99. The van der Waals surface area contributed by atoms with Crippen LogP contribution in [0.4, 0.5) is 0 Å². The Kier molecular flexibility index (Phi) is 4.62. The number of fused-ring (bicyclic) bond motifs is 1. The van der Waals surface area contributed by atoms with Crippen LogP contribution in [0.3, 0.4) is 0 Å². The number of aromatic amines is 1. The molecule has 5 heteroatoms. The van der Waals surface area contributed by atoms with Crippen LogP contribution in [0.2, 0.25) is 0 Å². The molecule has 1 amide bonds. The van der Waals surface area contributed by atoms with Gasteiger partial charge in [0.05, 0.1) is 6.42 Å². The number of hydrogen-bond donors (Lipinski definition) is 3. The van der Waals surface area contributed by atoms with Crippen molar-refractivity contribution in [2.75, 3.05) is 6.54 Å². The Morgan fingerprint density at radius 2 is 2.14 bits per heavy atom. The summed E-state index contributed by atoms with van der Waals surface area (Å²) in [4.78, 5) is 25.7. The first-order valence-corrected chi connectivity index (χ1v) is 7.01. The van der Waals surface area contributed by atoms with Gasteiger partial charge in [0, 0.05) is 30.1 Å². The Morgan fingerprint density at radius 1 is 1.38 bits per heavy atom. The number of carbonyl (C=O) groups excluding carboxylic acids is 1. The van der Waals surface area contributed by atoms with Gasteiger partial charge >= 0.3 is 5.97 Å². The second-order valence-electron chi connectivity index (χ2n) is 5.50. The number of carboxylic acids is 1. The highest BCUT2D eigenvalue weighted by Crippen LogP contribution is 2.21. The van der Waals surface area contributed by atoms with E-state index in [2.05, 4.69) is 10.3 Å². The number of carbonyl (C=O) groups is 2. The van der Waals surface area contributed by atoms with Crippen molar-refractivity contribution in [2.45, 2.75) is 26.7 Å². The van der Waals surface area contributed by atoms with Gasteiger partial charge in [-0.2, -0.15) is 0 Å². The van der Waals surface area contributed by atoms with Gasteiger partial charge in [-0.15, -0.1) is 0 Å². The van der Waals surface area contributed by atoms with Crippen LogP contribution in [0.15, 0.2) is 24.4 Å². The smallest absolute Gasteiger partial charge is 0.303 e. The SMILES string of the molecule is Cc1cccc2c(CC(=O)NCC(C)CC(=O)O)c[nH]c12. The molecule has 0 radical (unpaired) electrons. The first kappa shape index (κ1) is 15.1. The standard InChI is InChI=1S/C16H20N2O3/c1-10(6-15(20)21)8-17-14(19)7-12-9-18-16-11(2)4-3-5-13(12)16/h3-5,9-10,18H,6-8H2,1-2H3,(H,17,19)(H,20,21). The molecule has 0 bridgehead atoms. The van der Waals surface area contributed by atoms with E-state index in [4.69, 9.17) is 5.11 Å². The van der Waals surface area contributed by atoms with Crippen LogP contribution in [-0.2, 0) is 16.0 Å². The number of aromatic nitrogens is 1. The summed E-state index contributed by atoms with van der Waals surface area (Å²) in [6.45, 7) is 4.21. The minimum atomic E-state index is -0.844. The molecule has 0 saturated heterocycles. The molecule has 1 aromatic carbocycles. The molecule has 2 aromatic rings. The zero-order valence-electron chi connectivity index (χ0n) is 12.3. The molecule has 1 unspecified atom stereocenters. The fourth-order valence-electron chi connectivity index (χ4n) is 2.40. The average molecular weight is 288 g/mol. The van der Waals surface area contributed by atoms with E-state index in [0.717, 1.165) is 22.0 Å². The molecule has 0 aliphatic carbocycles. The predicted molar refractivity (Wildman–Crippen MR) is 81.2 cm³/mol. The van der Waals surface area contributed by atoms with Gasteiger partial charge in [-0.05, 0) is 24.0 Å². The molecular formula is C16H20N2O3. The van der Waals surface area contributed by atoms with Crippen molar-refractivity contribution in [1.29, 1.82) is 0 Å². The fourth-order valence-corrected chi connectivity index (χ4v) is 2.40. The van der Waals surface area contributed by atoms with Gasteiger partial charge in [-0.25, -0.2) is 0 Å². The Morgan fingerprint density at radius 3 is 2.86 bits per heavy atom. The van der Waals surface area contributed by atoms with E-state index in [-0.39, 0.29) is 18.2 Å². The van der Waals surface area contributed by atoms with Crippen LogP contribution in [0, 0.1) is 12.8 Å². The molecule has 5 nitrogen and oxygen atoms in total. The first-order chi connectivity index (χ1) is 9.97. The lowest BCUT2D eigenvalue weighted by Gasteiger charge is -2.10. The van der Waals surface area contributed by atoms with E-state index in [0.29, 0.717) is 13.0 Å². The van der Waals surface area contributed by atoms with Crippen molar-refractivity contribution < 1.29 is 14.7 Å². The van der Waals surface area contributed by atoms with Crippen molar-refractivity contribution in [3.8, 4) is 0 Å². The van der Waals surface area contributed by atoms with Gasteiger partial charge in [-0.1, -0.05) is 25.1 Å².